The summed E-state index contributed by atoms with van der Waals surface area (Å²) in [6.07, 6.45) is -0.667. The molecule has 1 amide bonds. The second-order valence-electron chi connectivity index (χ2n) is 4.06. The standard InChI is InChI=1S/C12H17NO4/c1-12(8-14,9-15)13-11(16)17-7-10-5-3-2-4-6-10/h2-6,14-15H,7-9H2,1H3,(H,13,16). The van der Waals surface area contributed by atoms with Crippen LogP contribution in [0.5, 0.6) is 0 Å². The van der Waals surface area contributed by atoms with E-state index in [0.717, 1.165) is 5.56 Å². The highest BCUT2D eigenvalue weighted by Gasteiger charge is 2.25. The maximum Gasteiger partial charge on any atom is 0.408 e. The number of benzene rings is 1. The van der Waals surface area contributed by atoms with Crippen molar-refractivity contribution in [2.75, 3.05) is 13.2 Å². The number of hydrogen-bond donors (Lipinski definition) is 3. The molecule has 5 nitrogen and oxygen atoms in total. The second kappa shape index (κ2) is 6.22. The Morgan fingerprint density at radius 2 is 1.88 bits per heavy atom. The van der Waals surface area contributed by atoms with Crippen molar-refractivity contribution in [3.63, 3.8) is 0 Å². The van der Waals surface area contributed by atoms with Crippen LogP contribution in [0.4, 0.5) is 4.79 Å². The number of carbonyl (C=O) groups is 1. The van der Waals surface area contributed by atoms with Gasteiger partial charge in [0.2, 0.25) is 0 Å². The lowest BCUT2D eigenvalue weighted by atomic mass is 10.1. The van der Waals surface area contributed by atoms with Gasteiger partial charge in [-0.2, -0.15) is 0 Å². The van der Waals surface area contributed by atoms with Gasteiger partial charge in [-0.1, -0.05) is 30.3 Å². The molecule has 0 heterocycles. The molecule has 0 saturated carbocycles. The number of aliphatic hydroxyl groups is 2. The quantitative estimate of drug-likeness (QED) is 0.705. The van der Waals surface area contributed by atoms with E-state index in [-0.39, 0.29) is 19.8 Å². The molecule has 0 saturated heterocycles. The largest absolute Gasteiger partial charge is 0.445 e. The van der Waals surface area contributed by atoms with Gasteiger partial charge in [0, 0.05) is 0 Å². The van der Waals surface area contributed by atoms with Crippen LogP contribution in [0.1, 0.15) is 12.5 Å². The summed E-state index contributed by atoms with van der Waals surface area (Å²) in [4.78, 5) is 11.4. The molecular weight excluding hydrogens is 222 g/mol. The van der Waals surface area contributed by atoms with Gasteiger partial charge >= 0.3 is 6.09 Å². The summed E-state index contributed by atoms with van der Waals surface area (Å²) in [5.41, 5.74) is -0.189. The Balaban J connectivity index is 2.40. The fourth-order valence-electron chi connectivity index (χ4n) is 1.13. The average Bonchev–Trinajstić information content (AvgIpc) is 2.37. The molecule has 0 atom stereocenters. The van der Waals surface area contributed by atoms with E-state index in [1.165, 1.54) is 6.92 Å². The second-order valence-corrected chi connectivity index (χ2v) is 4.06. The number of nitrogens with one attached hydrogen (secondary N) is 1. The van der Waals surface area contributed by atoms with Crippen LogP contribution >= 0.6 is 0 Å². The van der Waals surface area contributed by atoms with Gasteiger partial charge in [0.25, 0.3) is 0 Å². The number of rotatable bonds is 5. The van der Waals surface area contributed by atoms with E-state index in [0.29, 0.717) is 0 Å². The molecule has 3 N–H and O–H groups in total. The summed E-state index contributed by atoms with van der Waals surface area (Å²) >= 11 is 0. The first kappa shape index (κ1) is 13.5. The Morgan fingerprint density at radius 1 is 1.29 bits per heavy atom. The molecule has 1 rings (SSSR count). The summed E-state index contributed by atoms with van der Waals surface area (Å²) in [5, 5.41) is 20.4. The first-order chi connectivity index (χ1) is 8.09. The number of amides is 1. The molecule has 0 spiro atoms. The SMILES string of the molecule is CC(CO)(CO)NC(=O)OCc1ccccc1. The number of hydrogen-bond acceptors (Lipinski definition) is 4. The normalized spacial score (nSPS) is 11.0. The Kier molecular flexibility index (Phi) is 4.93. The van der Waals surface area contributed by atoms with Crippen LogP contribution in [-0.2, 0) is 11.3 Å². The summed E-state index contributed by atoms with van der Waals surface area (Å²) in [6.45, 7) is 0.963. The minimum Gasteiger partial charge on any atom is -0.445 e. The maximum absolute atomic E-state index is 11.4. The van der Waals surface area contributed by atoms with Crippen molar-refractivity contribution in [1.29, 1.82) is 0 Å². The van der Waals surface area contributed by atoms with Crippen LogP contribution in [0, 0.1) is 0 Å². The topological polar surface area (TPSA) is 78.8 Å². The zero-order valence-corrected chi connectivity index (χ0v) is 9.72. The molecule has 0 fully saturated rings. The summed E-state index contributed by atoms with van der Waals surface area (Å²) in [5.74, 6) is 0. The van der Waals surface area contributed by atoms with Crippen molar-refractivity contribution in [3.05, 3.63) is 35.9 Å². The lowest BCUT2D eigenvalue weighted by molar-refractivity contribution is 0.0815. The number of carbonyl (C=O) groups excluding carboxylic acids is 1. The minimum atomic E-state index is -1.06. The zero-order chi connectivity index (χ0) is 12.7. The minimum absolute atomic E-state index is 0.152. The Labute approximate surface area is 100 Å². The fourth-order valence-corrected chi connectivity index (χ4v) is 1.13. The van der Waals surface area contributed by atoms with Crippen LogP contribution in [0.15, 0.2) is 30.3 Å². The maximum atomic E-state index is 11.4. The first-order valence-electron chi connectivity index (χ1n) is 5.30. The highest BCUT2D eigenvalue weighted by molar-refractivity contribution is 5.68. The predicted octanol–water partition coefficient (Wildman–Crippen LogP) is 0.656. The van der Waals surface area contributed by atoms with Gasteiger partial charge in [-0.15, -0.1) is 0 Å². The van der Waals surface area contributed by atoms with E-state index in [1.807, 2.05) is 30.3 Å². The highest BCUT2D eigenvalue weighted by Crippen LogP contribution is 2.04. The third-order valence-corrected chi connectivity index (χ3v) is 2.31. The van der Waals surface area contributed by atoms with Gasteiger partial charge in [-0.25, -0.2) is 4.79 Å². The van der Waals surface area contributed by atoms with E-state index in [9.17, 15) is 4.79 Å². The Hall–Kier alpha value is -1.59. The van der Waals surface area contributed by atoms with Crippen molar-refractivity contribution in [2.24, 2.45) is 0 Å². The molecule has 0 unspecified atom stereocenters. The van der Waals surface area contributed by atoms with E-state index in [1.54, 1.807) is 0 Å². The Morgan fingerprint density at radius 3 is 2.41 bits per heavy atom. The van der Waals surface area contributed by atoms with E-state index >= 15 is 0 Å². The number of alkyl carbamates (subject to hydrolysis) is 1. The molecule has 94 valence electrons. The summed E-state index contributed by atoms with van der Waals surface area (Å²) in [7, 11) is 0. The van der Waals surface area contributed by atoms with Crippen LogP contribution in [0.25, 0.3) is 0 Å². The van der Waals surface area contributed by atoms with Crippen LogP contribution < -0.4 is 5.32 Å². The molecule has 0 aliphatic carbocycles. The van der Waals surface area contributed by atoms with Crippen molar-refractivity contribution < 1.29 is 19.7 Å². The number of aliphatic hydroxyl groups excluding tert-OH is 2. The molecule has 5 heteroatoms. The van der Waals surface area contributed by atoms with Gasteiger partial charge in [0.05, 0.1) is 18.8 Å². The van der Waals surface area contributed by atoms with Crippen molar-refractivity contribution in [1.82, 2.24) is 5.32 Å². The molecule has 1 aromatic rings. The van der Waals surface area contributed by atoms with Gasteiger partial charge in [0.1, 0.15) is 6.61 Å². The van der Waals surface area contributed by atoms with Crippen LogP contribution in [0.3, 0.4) is 0 Å². The predicted molar refractivity (Wildman–Crippen MR) is 62.3 cm³/mol. The van der Waals surface area contributed by atoms with Crippen LogP contribution in [0.2, 0.25) is 0 Å². The van der Waals surface area contributed by atoms with Crippen molar-refractivity contribution in [2.45, 2.75) is 19.1 Å². The fraction of sp³-hybridized carbons (Fsp3) is 0.417. The number of ether oxygens (including phenoxy) is 1. The Bertz CT molecular complexity index is 349. The van der Waals surface area contributed by atoms with Gasteiger partial charge < -0.3 is 20.3 Å². The molecule has 0 aliphatic rings. The molecule has 0 bridgehead atoms. The van der Waals surface area contributed by atoms with E-state index in [4.69, 9.17) is 14.9 Å². The van der Waals surface area contributed by atoms with Crippen molar-refractivity contribution in [3.8, 4) is 0 Å². The summed E-state index contributed by atoms with van der Waals surface area (Å²) in [6, 6.07) is 9.25. The monoisotopic (exact) mass is 239 g/mol. The molecule has 0 aliphatic heterocycles. The lowest BCUT2D eigenvalue weighted by Crippen LogP contribution is -2.51. The molecule has 0 radical (unpaired) electrons. The van der Waals surface area contributed by atoms with E-state index < -0.39 is 11.6 Å². The van der Waals surface area contributed by atoms with Gasteiger partial charge in [-0.05, 0) is 12.5 Å². The van der Waals surface area contributed by atoms with Gasteiger partial charge in [0.15, 0.2) is 0 Å². The molecule has 0 aromatic heterocycles. The van der Waals surface area contributed by atoms with Gasteiger partial charge in [-0.3, -0.25) is 0 Å². The first-order valence-corrected chi connectivity index (χ1v) is 5.30. The zero-order valence-electron chi connectivity index (χ0n) is 9.72. The third-order valence-electron chi connectivity index (χ3n) is 2.31. The third kappa shape index (κ3) is 4.42. The van der Waals surface area contributed by atoms with E-state index in [2.05, 4.69) is 5.32 Å². The smallest absolute Gasteiger partial charge is 0.408 e. The van der Waals surface area contributed by atoms with Crippen LogP contribution in [-0.4, -0.2) is 35.1 Å². The lowest BCUT2D eigenvalue weighted by Gasteiger charge is -2.25. The highest BCUT2D eigenvalue weighted by atomic mass is 16.5. The van der Waals surface area contributed by atoms with Crippen molar-refractivity contribution >= 4 is 6.09 Å². The molecular formula is C12H17NO4. The summed E-state index contributed by atoms with van der Waals surface area (Å²) < 4.78 is 4.96. The average molecular weight is 239 g/mol. The molecule has 1 aromatic carbocycles. The molecule has 17 heavy (non-hydrogen) atoms.